The molecule has 1 N–H and O–H groups in total. The molecule has 6 nitrogen and oxygen atoms in total. The van der Waals surface area contributed by atoms with E-state index in [1.165, 1.54) is 28.7 Å². The van der Waals surface area contributed by atoms with Crippen LogP contribution in [0.25, 0.3) is 0 Å². The molecule has 144 valence electrons. The van der Waals surface area contributed by atoms with E-state index in [-0.39, 0.29) is 5.78 Å². The molecule has 1 aliphatic heterocycles. The number of Topliss-reactive ketones (excluding diaryl/α,β-unsaturated/α-hetero) is 1. The lowest BCUT2D eigenvalue weighted by Crippen LogP contribution is -2.03. The summed E-state index contributed by atoms with van der Waals surface area (Å²) in [6, 6.07) is 13.4. The third-order valence-corrected chi connectivity index (χ3v) is 6.04. The van der Waals surface area contributed by atoms with Crippen LogP contribution in [-0.2, 0) is 0 Å². The first kappa shape index (κ1) is 18.8. The standard InChI is InChI=1S/C20H19N3O3S2/c1-13-4-2-5-15(10-13)21-19-22-23-20(28-19)27-12-16(24)14-6-7-17-18(11-14)26-9-3-8-25-17/h2,4-7,10-11H,3,8-9,12H2,1H3,(H,21,22). The average Bonchev–Trinajstić information content (AvgIpc) is 3.00. The van der Waals surface area contributed by atoms with Crippen molar-refractivity contribution in [2.75, 3.05) is 24.3 Å². The van der Waals surface area contributed by atoms with Crippen LogP contribution in [-0.4, -0.2) is 34.9 Å². The van der Waals surface area contributed by atoms with E-state index in [0.29, 0.717) is 41.2 Å². The van der Waals surface area contributed by atoms with E-state index in [4.69, 9.17) is 9.47 Å². The fourth-order valence-electron chi connectivity index (χ4n) is 2.71. The van der Waals surface area contributed by atoms with Crippen LogP contribution in [0, 0.1) is 6.92 Å². The number of nitrogens with zero attached hydrogens (tertiary/aromatic N) is 2. The van der Waals surface area contributed by atoms with Crippen LogP contribution in [0.5, 0.6) is 11.5 Å². The second-order valence-electron chi connectivity index (χ2n) is 6.29. The zero-order valence-corrected chi connectivity index (χ0v) is 16.9. The normalized spacial score (nSPS) is 13.0. The first-order chi connectivity index (χ1) is 13.7. The number of benzene rings is 2. The molecule has 28 heavy (non-hydrogen) atoms. The van der Waals surface area contributed by atoms with Gasteiger partial charge in [-0.05, 0) is 42.8 Å². The summed E-state index contributed by atoms with van der Waals surface area (Å²) in [4.78, 5) is 12.5. The van der Waals surface area contributed by atoms with Gasteiger partial charge in [0.25, 0.3) is 0 Å². The second-order valence-corrected chi connectivity index (χ2v) is 8.49. The van der Waals surface area contributed by atoms with Gasteiger partial charge in [-0.25, -0.2) is 0 Å². The van der Waals surface area contributed by atoms with Crippen molar-refractivity contribution in [2.24, 2.45) is 0 Å². The maximum Gasteiger partial charge on any atom is 0.210 e. The summed E-state index contributed by atoms with van der Waals surface area (Å²) < 4.78 is 12.0. The second kappa shape index (κ2) is 8.62. The van der Waals surface area contributed by atoms with Gasteiger partial charge in [-0.2, -0.15) is 0 Å². The highest BCUT2D eigenvalue weighted by molar-refractivity contribution is 8.01. The summed E-state index contributed by atoms with van der Waals surface area (Å²) in [7, 11) is 0. The van der Waals surface area contributed by atoms with Crippen LogP contribution in [0.4, 0.5) is 10.8 Å². The number of carbonyl (C=O) groups is 1. The summed E-state index contributed by atoms with van der Waals surface area (Å²) in [6.45, 7) is 3.27. The van der Waals surface area contributed by atoms with Crippen LogP contribution >= 0.6 is 23.1 Å². The Bertz CT molecular complexity index is 990. The van der Waals surface area contributed by atoms with Crippen molar-refractivity contribution in [3.05, 3.63) is 53.6 Å². The Labute approximate surface area is 171 Å². The van der Waals surface area contributed by atoms with E-state index in [9.17, 15) is 4.79 Å². The van der Waals surface area contributed by atoms with Gasteiger partial charge in [0, 0.05) is 17.7 Å². The van der Waals surface area contributed by atoms with Gasteiger partial charge in [-0.3, -0.25) is 4.79 Å². The lowest BCUT2D eigenvalue weighted by atomic mass is 10.1. The molecule has 1 aromatic heterocycles. The molecule has 4 rings (SSSR count). The van der Waals surface area contributed by atoms with Crippen molar-refractivity contribution in [2.45, 2.75) is 17.7 Å². The molecule has 0 amide bonds. The van der Waals surface area contributed by atoms with Crippen LogP contribution in [0.15, 0.2) is 46.8 Å². The predicted octanol–water partition coefficient (Wildman–Crippen LogP) is 4.73. The summed E-state index contributed by atoms with van der Waals surface area (Å²) in [5.74, 6) is 1.63. The molecule has 0 unspecified atom stereocenters. The number of nitrogens with one attached hydrogen (secondary N) is 1. The number of aromatic nitrogens is 2. The van der Waals surface area contributed by atoms with Crippen LogP contribution in [0.1, 0.15) is 22.3 Å². The first-order valence-corrected chi connectivity index (χ1v) is 10.7. The van der Waals surface area contributed by atoms with Gasteiger partial charge >= 0.3 is 0 Å². The van der Waals surface area contributed by atoms with Gasteiger partial charge in [0.2, 0.25) is 5.13 Å². The van der Waals surface area contributed by atoms with E-state index < -0.39 is 0 Å². The maximum absolute atomic E-state index is 12.5. The SMILES string of the molecule is Cc1cccc(Nc2nnc(SCC(=O)c3ccc4c(c3)OCCCO4)s2)c1. The Kier molecular flexibility index (Phi) is 5.78. The Hall–Kier alpha value is -2.58. The van der Waals surface area contributed by atoms with Crippen molar-refractivity contribution in [3.8, 4) is 11.5 Å². The minimum atomic E-state index is 0.0176. The lowest BCUT2D eigenvalue weighted by Gasteiger charge is -2.08. The minimum Gasteiger partial charge on any atom is -0.490 e. The Morgan fingerprint density at radius 2 is 2.00 bits per heavy atom. The Balaban J connectivity index is 1.36. The molecule has 0 saturated heterocycles. The van der Waals surface area contributed by atoms with Gasteiger partial charge < -0.3 is 14.8 Å². The van der Waals surface area contributed by atoms with Gasteiger partial charge in [-0.1, -0.05) is 35.2 Å². The van der Waals surface area contributed by atoms with Gasteiger partial charge in [0.05, 0.1) is 19.0 Å². The zero-order chi connectivity index (χ0) is 19.3. The van der Waals surface area contributed by atoms with Crippen molar-refractivity contribution >= 4 is 39.7 Å². The van der Waals surface area contributed by atoms with Crippen molar-refractivity contribution in [3.63, 3.8) is 0 Å². The van der Waals surface area contributed by atoms with E-state index in [0.717, 1.165) is 16.4 Å². The first-order valence-electron chi connectivity index (χ1n) is 8.90. The number of ether oxygens (including phenoxy) is 2. The Morgan fingerprint density at radius 1 is 1.14 bits per heavy atom. The number of aryl methyl sites for hydroxylation is 1. The molecule has 2 heterocycles. The zero-order valence-electron chi connectivity index (χ0n) is 15.3. The van der Waals surface area contributed by atoms with Gasteiger partial charge in [0.15, 0.2) is 21.6 Å². The lowest BCUT2D eigenvalue weighted by molar-refractivity contribution is 0.102. The molecule has 2 aromatic carbocycles. The summed E-state index contributed by atoms with van der Waals surface area (Å²) in [5.41, 5.74) is 2.75. The fraction of sp³-hybridized carbons (Fsp3) is 0.250. The van der Waals surface area contributed by atoms with Crippen LogP contribution < -0.4 is 14.8 Å². The number of hydrogen-bond donors (Lipinski definition) is 1. The highest BCUT2D eigenvalue weighted by atomic mass is 32.2. The maximum atomic E-state index is 12.5. The third-order valence-electron chi connectivity index (χ3n) is 4.07. The number of thioether (sulfide) groups is 1. The number of hydrogen-bond acceptors (Lipinski definition) is 8. The number of ketones is 1. The summed E-state index contributed by atoms with van der Waals surface area (Å²) >= 11 is 2.81. The third kappa shape index (κ3) is 4.63. The highest BCUT2D eigenvalue weighted by Crippen LogP contribution is 2.32. The molecule has 0 fully saturated rings. The average molecular weight is 414 g/mol. The predicted molar refractivity (Wildman–Crippen MR) is 111 cm³/mol. The molecule has 8 heteroatoms. The number of rotatable bonds is 6. The topological polar surface area (TPSA) is 73.3 Å². The quantitative estimate of drug-likeness (QED) is 0.463. The minimum absolute atomic E-state index is 0.0176. The molecule has 0 saturated carbocycles. The molecule has 1 aliphatic rings. The molecule has 0 bridgehead atoms. The summed E-state index contributed by atoms with van der Waals surface area (Å²) in [5, 5.41) is 12.2. The van der Waals surface area contributed by atoms with E-state index in [1.54, 1.807) is 18.2 Å². The van der Waals surface area contributed by atoms with Gasteiger partial charge in [0.1, 0.15) is 0 Å². The molecular formula is C20H19N3O3S2. The van der Waals surface area contributed by atoms with E-state index in [2.05, 4.69) is 15.5 Å². The van der Waals surface area contributed by atoms with Crippen molar-refractivity contribution < 1.29 is 14.3 Å². The molecular weight excluding hydrogens is 394 g/mol. The van der Waals surface area contributed by atoms with E-state index in [1.807, 2.05) is 31.2 Å². The highest BCUT2D eigenvalue weighted by Gasteiger charge is 2.15. The van der Waals surface area contributed by atoms with Crippen molar-refractivity contribution in [1.82, 2.24) is 10.2 Å². The largest absolute Gasteiger partial charge is 0.490 e. The van der Waals surface area contributed by atoms with Crippen LogP contribution in [0.2, 0.25) is 0 Å². The monoisotopic (exact) mass is 413 g/mol. The van der Waals surface area contributed by atoms with Gasteiger partial charge in [-0.15, -0.1) is 10.2 Å². The molecule has 3 aromatic rings. The molecule has 0 radical (unpaired) electrons. The molecule has 0 spiro atoms. The fourth-order valence-corrected chi connectivity index (χ4v) is 4.38. The number of anilines is 2. The van der Waals surface area contributed by atoms with Crippen molar-refractivity contribution in [1.29, 1.82) is 0 Å². The molecule has 0 aliphatic carbocycles. The van der Waals surface area contributed by atoms with Crippen LogP contribution in [0.3, 0.4) is 0 Å². The van der Waals surface area contributed by atoms with E-state index >= 15 is 0 Å². The number of fused-ring (bicyclic) bond motifs is 1. The summed E-state index contributed by atoms with van der Waals surface area (Å²) in [6.07, 6.45) is 0.837. The number of carbonyl (C=O) groups excluding carboxylic acids is 1. The Morgan fingerprint density at radius 3 is 2.86 bits per heavy atom. The molecule has 0 atom stereocenters. The smallest absolute Gasteiger partial charge is 0.210 e.